The van der Waals surface area contributed by atoms with Crippen LogP contribution in [0.1, 0.15) is 96.8 Å². The number of carbonyl (C=O) groups excluding carboxylic acids is 1. The topological polar surface area (TPSA) is 75.6 Å². The highest BCUT2D eigenvalue weighted by atomic mass is 16.5. The van der Waals surface area contributed by atoms with Crippen LogP contribution in [0.15, 0.2) is 0 Å². The molecule has 5 heteroatoms. The van der Waals surface area contributed by atoms with Crippen molar-refractivity contribution in [2.75, 3.05) is 0 Å². The van der Waals surface area contributed by atoms with Gasteiger partial charge in [-0.1, -0.05) is 64.7 Å². The van der Waals surface area contributed by atoms with Crippen LogP contribution in [0.4, 0.5) is 4.79 Å². The summed E-state index contributed by atoms with van der Waals surface area (Å²) in [6, 6.07) is -0.733. The molecule has 140 valence electrons. The Morgan fingerprint density at radius 3 is 1.96 bits per heavy atom. The smallest absolute Gasteiger partial charge is 0.405 e. The predicted octanol–water partition coefficient (Wildman–Crippen LogP) is 5.03. The molecule has 0 heterocycles. The number of amides is 1. The Morgan fingerprint density at radius 2 is 1.50 bits per heavy atom. The van der Waals surface area contributed by atoms with Crippen molar-refractivity contribution in [1.82, 2.24) is 5.32 Å². The molecule has 0 aromatic rings. The Hall–Kier alpha value is -1.26. The van der Waals surface area contributed by atoms with Crippen LogP contribution in [0.5, 0.6) is 0 Å². The highest BCUT2D eigenvalue weighted by Crippen LogP contribution is 2.19. The summed E-state index contributed by atoms with van der Waals surface area (Å²) < 4.78 is 5.69. The fourth-order valence-electron chi connectivity index (χ4n) is 3.30. The number of esters is 1. The fraction of sp³-hybridized carbons (Fsp3) is 0.895. The van der Waals surface area contributed by atoms with Gasteiger partial charge >= 0.3 is 12.1 Å². The van der Waals surface area contributed by atoms with E-state index in [1.807, 2.05) is 6.92 Å². The fourth-order valence-corrected chi connectivity index (χ4v) is 3.30. The Labute approximate surface area is 146 Å². The third kappa shape index (κ3) is 9.78. The van der Waals surface area contributed by atoms with Crippen molar-refractivity contribution in [2.24, 2.45) is 0 Å². The average molecular weight is 341 g/mol. The van der Waals surface area contributed by atoms with Gasteiger partial charge in [0.1, 0.15) is 12.1 Å². The number of unbranched alkanes of at least 4 members (excludes halogenated alkanes) is 1. The zero-order valence-electron chi connectivity index (χ0n) is 15.2. The molecule has 2 N–H and O–H groups in total. The van der Waals surface area contributed by atoms with E-state index in [1.165, 1.54) is 44.9 Å². The van der Waals surface area contributed by atoms with Gasteiger partial charge in [-0.2, -0.15) is 0 Å². The molecule has 1 saturated carbocycles. The lowest BCUT2D eigenvalue weighted by Gasteiger charge is -2.22. The Bertz CT molecular complexity index is 347. The van der Waals surface area contributed by atoms with E-state index in [2.05, 4.69) is 5.32 Å². The first-order chi connectivity index (χ1) is 11.6. The predicted molar refractivity (Wildman–Crippen MR) is 95.1 cm³/mol. The average Bonchev–Trinajstić information content (AvgIpc) is 2.53. The maximum absolute atomic E-state index is 12.4. The van der Waals surface area contributed by atoms with Crippen LogP contribution in [-0.4, -0.2) is 29.3 Å². The number of carboxylic acid groups (broad SMARTS) is 1. The van der Waals surface area contributed by atoms with Crippen molar-refractivity contribution in [3.05, 3.63) is 0 Å². The summed E-state index contributed by atoms with van der Waals surface area (Å²) in [4.78, 5) is 23.3. The van der Waals surface area contributed by atoms with Crippen molar-refractivity contribution in [1.29, 1.82) is 0 Å². The quantitative estimate of drug-likeness (QED) is 0.664. The molecular weight excluding hydrogens is 306 g/mol. The van der Waals surface area contributed by atoms with Gasteiger partial charge in [0.05, 0.1) is 0 Å². The van der Waals surface area contributed by atoms with Crippen LogP contribution in [-0.2, 0) is 9.53 Å². The highest BCUT2D eigenvalue weighted by molar-refractivity contribution is 5.80. The number of hydrogen-bond donors (Lipinski definition) is 2. The molecule has 1 rings (SSSR count). The van der Waals surface area contributed by atoms with Gasteiger partial charge in [0, 0.05) is 0 Å². The lowest BCUT2D eigenvalue weighted by atomic mass is 9.99. The van der Waals surface area contributed by atoms with Crippen molar-refractivity contribution < 1.29 is 19.4 Å². The summed E-state index contributed by atoms with van der Waals surface area (Å²) in [6.45, 7) is 2.02. The molecule has 5 nitrogen and oxygen atoms in total. The van der Waals surface area contributed by atoms with E-state index in [1.54, 1.807) is 0 Å². The minimum Gasteiger partial charge on any atom is -0.465 e. The molecule has 0 aromatic heterocycles. The van der Waals surface area contributed by atoms with E-state index >= 15 is 0 Å². The molecule has 0 spiro atoms. The number of carbonyl (C=O) groups is 2. The molecule has 0 aromatic carbocycles. The van der Waals surface area contributed by atoms with Gasteiger partial charge in [0.15, 0.2) is 0 Å². The van der Waals surface area contributed by atoms with Crippen LogP contribution in [0.2, 0.25) is 0 Å². The molecule has 1 atom stereocenters. The molecule has 1 amide bonds. The molecule has 0 bridgehead atoms. The molecule has 0 radical (unpaired) electrons. The second kappa shape index (κ2) is 13.1. The van der Waals surface area contributed by atoms with Crippen molar-refractivity contribution in [2.45, 2.75) is 109 Å². The van der Waals surface area contributed by atoms with Gasteiger partial charge in [-0.25, -0.2) is 9.59 Å². The number of hydrogen-bond acceptors (Lipinski definition) is 3. The first-order valence-corrected chi connectivity index (χ1v) is 9.83. The van der Waals surface area contributed by atoms with Crippen LogP contribution >= 0.6 is 0 Å². The Morgan fingerprint density at radius 1 is 1.00 bits per heavy atom. The van der Waals surface area contributed by atoms with Crippen LogP contribution in [0.3, 0.4) is 0 Å². The van der Waals surface area contributed by atoms with Gasteiger partial charge in [0.25, 0.3) is 0 Å². The molecule has 1 unspecified atom stereocenters. The number of ether oxygens (including phenoxy) is 1. The van der Waals surface area contributed by atoms with Crippen molar-refractivity contribution in [3.63, 3.8) is 0 Å². The van der Waals surface area contributed by atoms with E-state index in [0.717, 1.165) is 38.5 Å². The third-order valence-electron chi connectivity index (χ3n) is 4.76. The van der Waals surface area contributed by atoms with Crippen LogP contribution in [0, 0.1) is 0 Å². The zero-order chi connectivity index (χ0) is 17.6. The van der Waals surface area contributed by atoms with Crippen molar-refractivity contribution >= 4 is 12.1 Å². The first-order valence-electron chi connectivity index (χ1n) is 9.83. The van der Waals surface area contributed by atoms with Gasteiger partial charge in [0.2, 0.25) is 0 Å². The molecule has 0 saturated heterocycles. The second-order valence-corrected chi connectivity index (χ2v) is 6.96. The monoisotopic (exact) mass is 341 g/mol. The summed E-state index contributed by atoms with van der Waals surface area (Å²) in [5.74, 6) is -0.400. The third-order valence-corrected chi connectivity index (χ3v) is 4.76. The summed E-state index contributed by atoms with van der Waals surface area (Å²) in [5.41, 5.74) is 0. The van der Waals surface area contributed by atoms with Crippen LogP contribution < -0.4 is 5.32 Å². The summed E-state index contributed by atoms with van der Waals surface area (Å²) in [6.07, 6.45) is 13.9. The summed E-state index contributed by atoms with van der Waals surface area (Å²) in [7, 11) is 0. The molecule has 1 aliphatic rings. The molecule has 1 fully saturated rings. The zero-order valence-corrected chi connectivity index (χ0v) is 15.2. The van der Waals surface area contributed by atoms with Gasteiger partial charge in [-0.3, -0.25) is 0 Å². The largest absolute Gasteiger partial charge is 0.465 e. The maximum atomic E-state index is 12.4. The van der Waals surface area contributed by atoms with Gasteiger partial charge in [-0.05, 0) is 32.1 Å². The molecular formula is C19H35NO4. The SMILES string of the molecule is CCCCC(NC(=O)O)C(=O)OC1CCCCCCCCCCC1. The lowest BCUT2D eigenvalue weighted by Crippen LogP contribution is -2.42. The minimum atomic E-state index is -1.16. The van der Waals surface area contributed by atoms with E-state index in [0.29, 0.717) is 6.42 Å². The summed E-state index contributed by atoms with van der Waals surface area (Å²) >= 11 is 0. The van der Waals surface area contributed by atoms with E-state index in [-0.39, 0.29) is 6.10 Å². The summed E-state index contributed by atoms with van der Waals surface area (Å²) in [5, 5.41) is 11.2. The van der Waals surface area contributed by atoms with E-state index in [9.17, 15) is 9.59 Å². The van der Waals surface area contributed by atoms with Gasteiger partial charge < -0.3 is 15.2 Å². The molecule has 24 heavy (non-hydrogen) atoms. The minimum absolute atomic E-state index is 0.0587. The van der Waals surface area contributed by atoms with Crippen molar-refractivity contribution in [3.8, 4) is 0 Å². The Kier molecular flexibility index (Phi) is 11.3. The Balaban J connectivity index is 2.51. The molecule has 1 aliphatic carbocycles. The lowest BCUT2D eigenvalue weighted by molar-refractivity contribution is -0.152. The van der Waals surface area contributed by atoms with Gasteiger partial charge in [-0.15, -0.1) is 0 Å². The normalized spacial score (nSPS) is 19.5. The van der Waals surface area contributed by atoms with Crippen LogP contribution in [0.25, 0.3) is 0 Å². The number of rotatable bonds is 6. The maximum Gasteiger partial charge on any atom is 0.405 e. The van der Waals surface area contributed by atoms with E-state index < -0.39 is 18.1 Å². The second-order valence-electron chi connectivity index (χ2n) is 6.96. The molecule has 0 aliphatic heterocycles. The van der Waals surface area contributed by atoms with E-state index in [4.69, 9.17) is 9.84 Å². The number of nitrogens with one attached hydrogen (secondary N) is 1. The highest BCUT2D eigenvalue weighted by Gasteiger charge is 2.24. The first kappa shape index (κ1) is 20.8. The standard InChI is InChI=1S/C19H35NO4/c1-2-3-15-17(20-19(22)23)18(21)24-16-13-11-9-7-5-4-6-8-10-12-14-16/h16-17,20H,2-15H2,1H3,(H,22,23).